The maximum atomic E-state index is 11.8. The molecule has 0 aliphatic carbocycles. The standard InChI is InChI=1S/C11H22N2OS2.ClH/c1-11(2,3)9(12)10(14)13-6-8-7-15-4-5-16-8;/h8-9H,4-7,12H2,1-3H3,(H,13,14);1H/t8?,9-;/m1./s1. The minimum atomic E-state index is -0.422. The quantitative estimate of drug-likeness (QED) is 0.833. The average Bonchev–Trinajstić information content (AvgIpc) is 2.25. The Kier molecular flexibility index (Phi) is 7.96. The molecule has 0 radical (unpaired) electrons. The number of amides is 1. The van der Waals surface area contributed by atoms with Crippen molar-refractivity contribution in [3.05, 3.63) is 0 Å². The molecule has 6 heteroatoms. The Bertz CT molecular complexity index is 240. The van der Waals surface area contributed by atoms with Gasteiger partial charge in [-0.1, -0.05) is 20.8 Å². The van der Waals surface area contributed by atoms with Crippen LogP contribution in [0.5, 0.6) is 0 Å². The zero-order chi connectivity index (χ0) is 12.2. The van der Waals surface area contributed by atoms with Crippen LogP contribution >= 0.6 is 35.9 Å². The first kappa shape index (κ1) is 17.4. The van der Waals surface area contributed by atoms with Crippen LogP contribution in [0.15, 0.2) is 0 Å². The van der Waals surface area contributed by atoms with Gasteiger partial charge in [-0.15, -0.1) is 12.4 Å². The Morgan fingerprint density at radius 3 is 2.59 bits per heavy atom. The normalized spacial score (nSPS) is 22.5. The summed E-state index contributed by atoms with van der Waals surface area (Å²) >= 11 is 3.91. The van der Waals surface area contributed by atoms with Crippen molar-refractivity contribution in [3.63, 3.8) is 0 Å². The van der Waals surface area contributed by atoms with E-state index < -0.39 is 6.04 Å². The van der Waals surface area contributed by atoms with E-state index in [1.165, 1.54) is 11.5 Å². The Morgan fingerprint density at radius 1 is 1.47 bits per heavy atom. The van der Waals surface area contributed by atoms with Crippen LogP contribution in [-0.4, -0.2) is 41.0 Å². The number of carbonyl (C=O) groups is 1. The van der Waals surface area contributed by atoms with Gasteiger partial charge >= 0.3 is 0 Å². The van der Waals surface area contributed by atoms with Crippen molar-refractivity contribution in [3.8, 4) is 0 Å². The van der Waals surface area contributed by atoms with Gasteiger partial charge in [-0.2, -0.15) is 23.5 Å². The summed E-state index contributed by atoms with van der Waals surface area (Å²) < 4.78 is 0. The molecule has 1 amide bonds. The number of hydrogen-bond donors (Lipinski definition) is 2. The van der Waals surface area contributed by atoms with Crippen molar-refractivity contribution in [1.82, 2.24) is 5.32 Å². The lowest BCUT2D eigenvalue weighted by molar-refractivity contribution is -0.124. The summed E-state index contributed by atoms with van der Waals surface area (Å²) in [6, 6.07) is -0.422. The monoisotopic (exact) mass is 298 g/mol. The predicted molar refractivity (Wildman–Crippen MR) is 81.3 cm³/mol. The summed E-state index contributed by atoms with van der Waals surface area (Å²) in [5, 5.41) is 3.51. The molecule has 17 heavy (non-hydrogen) atoms. The van der Waals surface area contributed by atoms with Crippen LogP contribution in [0.3, 0.4) is 0 Å². The second kappa shape index (κ2) is 7.77. The third-order valence-electron chi connectivity index (χ3n) is 2.60. The lowest BCUT2D eigenvalue weighted by atomic mass is 9.87. The van der Waals surface area contributed by atoms with Crippen molar-refractivity contribution in [2.45, 2.75) is 32.1 Å². The fourth-order valence-corrected chi connectivity index (χ4v) is 3.98. The van der Waals surface area contributed by atoms with Crippen molar-refractivity contribution in [2.24, 2.45) is 11.1 Å². The Morgan fingerprint density at radius 2 is 2.12 bits per heavy atom. The summed E-state index contributed by atoms with van der Waals surface area (Å²) in [6.07, 6.45) is 0. The van der Waals surface area contributed by atoms with E-state index in [1.807, 2.05) is 44.3 Å². The number of rotatable bonds is 3. The molecule has 1 saturated heterocycles. The molecule has 3 N–H and O–H groups in total. The van der Waals surface area contributed by atoms with Crippen LogP contribution < -0.4 is 11.1 Å². The highest BCUT2D eigenvalue weighted by molar-refractivity contribution is 8.06. The van der Waals surface area contributed by atoms with E-state index in [0.29, 0.717) is 5.25 Å². The smallest absolute Gasteiger partial charge is 0.237 e. The molecule has 2 atom stereocenters. The third-order valence-corrected chi connectivity index (χ3v) is 5.45. The second-order valence-corrected chi connectivity index (χ2v) is 7.71. The van der Waals surface area contributed by atoms with Crippen molar-refractivity contribution < 1.29 is 4.79 Å². The number of thioether (sulfide) groups is 2. The lowest BCUT2D eigenvalue weighted by Crippen LogP contribution is -2.50. The average molecular weight is 299 g/mol. The van der Waals surface area contributed by atoms with Crippen LogP contribution in [-0.2, 0) is 4.79 Å². The Balaban J connectivity index is 0.00000256. The minimum absolute atomic E-state index is 0. The highest BCUT2D eigenvalue weighted by Gasteiger charge is 2.27. The molecular formula is C11H23ClN2OS2. The summed E-state index contributed by atoms with van der Waals surface area (Å²) in [5.74, 6) is 3.53. The molecule has 1 fully saturated rings. The van der Waals surface area contributed by atoms with Gasteiger partial charge in [0.05, 0.1) is 6.04 Å². The van der Waals surface area contributed by atoms with Gasteiger partial charge in [-0.25, -0.2) is 0 Å². The van der Waals surface area contributed by atoms with E-state index >= 15 is 0 Å². The Hall–Kier alpha value is 0.420. The minimum Gasteiger partial charge on any atom is -0.354 e. The van der Waals surface area contributed by atoms with Gasteiger partial charge in [0.25, 0.3) is 0 Å². The van der Waals surface area contributed by atoms with E-state index in [1.54, 1.807) is 0 Å². The number of halogens is 1. The molecule has 0 saturated carbocycles. The van der Waals surface area contributed by atoms with Crippen molar-refractivity contribution in [1.29, 1.82) is 0 Å². The zero-order valence-corrected chi connectivity index (χ0v) is 13.1. The molecule has 0 aromatic carbocycles. The number of nitrogens with two attached hydrogens (primary N) is 1. The van der Waals surface area contributed by atoms with Gasteiger partial charge in [0, 0.05) is 29.1 Å². The first-order valence-corrected chi connectivity index (χ1v) is 7.84. The van der Waals surface area contributed by atoms with Gasteiger partial charge in [0.2, 0.25) is 5.91 Å². The van der Waals surface area contributed by atoms with Crippen LogP contribution in [0.2, 0.25) is 0 Å². The second-order valence-electron chi connectivity index (χ2n) is 5.16. The van der Waals surface area contributed by atoms with Crippen molar-refractivity contribution in [2.75, 3.05) is 23.8 Å². The first-order valence-electron chi connectivity index (χ1n) is 5.64. The third kappa shape index (κ3) is 6.22. The number of nitrogens with one attached hydrogen (secondary N) is 1. The number of hydrogen-bond acceptors (Lipinski definition) is 4. The van der Waals surface area contributed by atoms with Gasteiger partial charge in [0.15, 0.2) is 0 Å². The molecule has 1 aliphatic heterocycles. The largest absolute Gasteiger partial charge is 0.354 e. The summed E-state index contributed by atoms with van der Waals surface area (Å²) in [5.41, 5.74) is 5.72. The van der Waals surface area contributed by atoms with Gasteiger partial charge < -0.3 is 11.1 Å². The zero-order valence-electron chi connectivity index (χ0n) is 10.7. The summed E-state index contributed by atoms with van der Waals surface area (Å²) in [7, 11) is 0. The fraction of sp³-hybridized carbons (Fsp3) is 0.909. The van der Waals surface area contributed by atoms with Crippen molar-refractivity contribution >= 4 is 41.8 Å². The molecule has 1 unspecified atom stereocenters. The maximum absolute atomic E-state index is 11.8. The van der Waals surface area contributed by atoms with Crippen LogP contribution in [0.1, 0.15) is 20.8 Å². The molecule has 0 aromatic heterocycles. The van der Waals surface area contributed by atoms with Gasteiger partial charge in [-0.3, -0.25) is 4.79 Å². The van der Waals surface area contributed by atoms with E-state index in [4.69, 9.17) is 5.73 Å². The molecular weight excluding hydrogens is 276 g/mol. The van der Waals surface area contributed by atoms with Crippen LogP contribution in [0, 0.1) is 5.41 Å². The summed E-state index contributed by atoms with van der Waals surface area (Å²) in [6.45, 7) is 6.72. The molecule has 102 valence electrons. The first-order chi connectivity index (χ1) is 7.41. The lowest BCUT2D eigenvalue weighted by Gasteiger charge is -2.27. The van der Waals surface area contributed by atoms with Crippen LogP contribution in [0.25, 0.3) is 0 Å². The SMILES string of the molecule is CC(C)(C)[C@H](N)C(=O)NCC1CSCCS1.Cl. The molecule has 1 rings (SSSR count). The Labute approximate surface area is 119 Å². The molecule has 0 spiro atoms. The number of carbonyl (C=O) groups excluding carboxylic acids is 1. The topological polar surface area (TPSA) is 55.1 Å². The molecule has 0 bridgehead atoms. The maximum Gasteiger partial charge on any atom is 0.237 e. The van der Waals surface area contributed by atoms with Crippen LogP contribution in [0.4, 0.5) is 0 Å². The van der Waals surface area contributed by atoms with E-state index in [9.17, 15) is 4.79 Å². The van der Waals surface area contributed by atoms with E-state index in [2.05, 4.69) is 5.32 Å². The molecule has 0 aromatic rings. The highest BCUT2D eigenvalue weighted by Crippen LogP contribution is 2.23. The van der Waals surface area contributed by atoms with Gasteiger partial charge in [0.1, 0.15) is 0 Å². The molecule has 1 aliphatic rings. The van der Waals surface area contributed by atoms with Gasteiger partial charge in [-0.05, 0) is 5.41 Å². The van der Waals surface area contributed by atoms with E-state index in [0.717, 1.165) is 12.3 Å². The molecule has 3 nitrogen and oxygen atoms in total. The predicted octanol–water partition coefficient (Wildman–Crippen LogP) is 1.75. The summed E-state index contributed by atoms with van der Waals surface area (Å²) in [4.78, 5) is 11.8. The molecule has 1 heterocycles. The van der Waals surface area contributed by atoms with E-state index in [-0.39, 0.29) is 23.7 Å². The fourth-order valence-electron chi connectivity index (χ4n) is 1.37. The highest BCUT2D eigenvalue weighted by atomic mass is 35.5.